The fourth-order valence-electron chi connectivity index (χ4n) is 3.64. The quantitative estimate of drug-likeness (QED) is 0.811. The molecule has 1 amide bonds. The summed E-state index contributed by atoms with van der Waals surface area (Å²) in [5, 5.41) is 0.877. The molecule has 5 nitrogen and oxygen atoms in total. The number of aromatic nitrogens is 2. The van der Waals surface area contributed by atoms with Crippen LogP contribution in [-0.2, 0) is 9.53 Å². The zero-order valence-corrected chi connectivity index (χ0v) is 13.9. The van der Waals surface area contributed by atoms with Crippen molar-refractivity contribution in [1.29, 1.82) is 0 Å². The Morgan fingerprint density at radius 1 is 1.35 bits per heavy atom. The van der Waals surface area contributed by atoms with Crippen molar-refractivity contribution in [2.24, 2.45) is 0 Å². The van der Waals surface area contributed by atoms with Crippen molar-refractivity contribution in [2.75, 3.05) is 18.9 Å². The molecule has 2 aliphatic rings. The van der Waals surface area contributed by atoms with E-state index in [2.05, 4.69) is 9.88 Å². The second-order valence-corrected chi connectivity index (χ2v) is 7.12. The zero-order valence-electron chi connectivity index (χ0n) is 13.1. The molecule has 1 saturated carbocycles. The smallest absolute Gasteiger partial charge is 0.233 e. The van der Waals surface area contributed by atoms with E-state index in [1.807, 2.05) is 35.0 Å². The van der Waals surface area contributed by atoms with Gasteiger partial charge in [-0.2, -0.15) is 0 Å². The number of rotatable bonds is 3. The maximum Gasteiger partial charge on any atom is 0.233 e. The average Bonchev–Trinajstić information content (AvgIpc) is 3.02. The number of ether oxygens (including phenoxy) is 1. The van der Waals surface area contributed by atoms with Gasteiger partial charge in [0.05, 0.1) is 36.2 Å². The molecule has 0 bridgehead atoms. The lowest BCUT2D eigenvalue weighted by molar-refractivity contribution is -0.146. The van der Waals surface area contributed by atoms with Crippen molar-refractivity contribution in [1.82, 2.24) is 14.3 Å². The lowest BCUT2D eigenvalue weighted by atomic mass is 9.90. The van der Waals surface area contributed by atoms with Gasteiger partial charge in [0.1, 0.15) is 0 Å². The van der Waals surface area contributed by atoms with Crippen molar-refractivity contribution in [3.63, 3.8) is 0 Å². The number of morpholine rings is 1. The fraction of sp³-hybridized carbons (Fsp3) is 0.529. The summed E-state index contributed by atoms with van der Waals surface area (Å²) in [4.78, 5) is 19.2. The molecular formula is C17H21N3O2S. The SMILES string of the molecule is O=C(CSc1ncc2ccccn12)N1CCO[C@H]2CCCC[C@@H]21. The highest BCUT2D eigenvalue weighted by molar-refractivity contribution is 7.99. The van der Waals surface area contributed by atoms with Crippen LogP contribution >= 0.6 is 11.8 Å². The Bertz CT molecular complexity index is 700. The summed E-state index contributed by atoms with van der Waals surface area (Å²) in [6.07, 6.45) is 8.67. The molecule has 0 aromatic carbocycles. The van der Waals surface area contributed by atoms with Crippen LogP contribution in [0.4, 0.5) is 0 Å². The van der Waals surface area contributed by atoms with Crippen molar-refractivity contribution >= 4 is 23.2 Å². The minimum atomic E-state index is 0.211. The summed E-state index contributed by atoms with van der Waals surface area (Å²) in [6.45, 7) is 1.40. The maximum absolute atomic E-state index is 12.7. The Labute approximate surface area is 140 Å². The number of hydrogen-bond acceptors (Lipinski definition) is 4. The molecule has 1 aliphatic carbocycles. The molecule has 0 spiro atoms. The van der Waals surface area contributed by atoms with Gasteiger partial charge in [0.25, 0.3) is 0 Å². The number of pyridine rings is 1. The highest BCUT2D eigenvalue weighted by Gasteiger charge is 2.36. The molecule has 0 N–H and O–H groups in total. The highest BCUT2D eigenvalue weighted by atomic mass is 32.2. The molecule has 2 aromatic heterocycles. The van der Waals surface area contributed by atoms with Crippen molar-refractivity contribution in [2.45, 2.75) is 43.0 Å². The van der Waals surface area contributed by atoms with Gasteiger partial charge in [0.2, 0.25) is 5.91 Å². The Kier molecular flexibility index (Phi) is 4.27. The maximum atomic E-state index is 12.7. The minimum absolute atomic E-state index is 0.211. The molecule has 1 aliphatic heterocycles. The first kappa shape index (κ1) is 15.0. The third-order valence-electron chi connectivity index (χ3n) is 4.78. The van der Waals surface area contributed by atoms with Gasteiger partial charge in [-0.25, -0.2) is 4.98 Å². The van der Waals surface area contributed by atoms with Gasteiger partial charge in [0, 0.05) is 12.7 Å². The number of imidazole rings is 1. The van der Waals surface area contributed by atoms with E-state index >= 15 is 0 Å². The monoisotopic (exact) mass is 331 g/mol. The van der Waals surface area contributed by atoms with Gasteiger partial charge in [0.15, 0.2) is 5.16 Å². The molecule has 0 unspecified atom stereocenters. The van der Waals surface area contributed by atoms with E-state index in [-0.39, 0.29) is 18.1 Å². The Morgan fingerprint density at radius 2 is 2.26 bits per heavy atom. The highest BCUT2D eigenvalue weighted by Crippen LogP contribution is 2.29. The van der Waals surface area contributed by atoms with Gasteiger partial charge in [-0.05, 0) is 25.0 Å². The first-order chi connectivity index (χ1) is 11.3. The van der Waals surface area contributed by atoms with E-state index in [4.69, 9.17) is 4.74 Å². The van der Waals surface area contributed by atoms with Crippen LogP contribution in [0.1, 0.15) is 25.7 Å². The molecule has 0 radical (unpaired) electrons. The van der Waals surface area contributed by atoms with Crippen LogP contribution in [-0.4, -0.2) is 51.2 Å². The fourth-order valence-corrected chi connectivity index (χ4v) is 4.49. The summed E-state index contributed by atoms with van der Waals surface area (Å²) < 4.78 is 7.88. The minimum Gasteiger partial charge on any atom is -0.374 e. The second-order valence-electron chi connectivity index (χ2n) is 6.17. The van der Waals surface area contributed by atoms with E-state index in [0.29, 0.717) is 12.4 Å². The van der Waals surface area contributed by atoms with Gasteiger partial charge >= 0.3 is 0 Å². The summed E-state index contributed by atoms with van der Waals surface area (Å²) in [6, 6.07) is 6.28. The van der Waals surface area contributed by atoms with Gasteiger partial charge in [-0.15, -0.1) is 0 Å². The predicted molar refractivity (Wildman–Crippen MR) is 89.6 cm³/mol. The number of nitrogens with zero attached hydrogens (tertiary/aromatic N) is 3. The molecule has 122 valence electrons. The molecule has 2 aromatic rings. The van der Waals surface area contributed by atoms with E-state index < -0.39 is 0 Å². The first-order valence-electron chi connectivity index (χ1n) is 8.29. The van der Waals surface area contributed by atoms with Crippen molar-refractivity contribution in [3.05, 3.63) is 30.6 Å². The van der Waals surface area contributed by atoms with E-state index in [9.17, 15) is 4.79 Å². The molecule has 3 heterocycles. The van der Waals surface area contributed by atoms with Gasteiger partial charge < -0.3 is 9.64 Å². The van der Waals surface area contributed by atoms with E-state index in [0.717, 1.165) is 30.1 Å². The number of fused-ring (bicyclic) bond motifs is 2. The molecule has 23 heavy (non-hydrogen) atoms. The standard InChI is InChI=1S/C17H21N3O2S/c21-16(20-9-10-22-15-7-2-1-6-14(15)20)12-23-17-18-11-13-5-3-4-8-19(13)17/h3-5,8,11,14-15H,1-2,6-7,9-10,12H2/t14-,15-/m0/s1. The Morgan fingerprint density at radius 3 is 3.22 bits per heavy atom. The van der Waals surface area contributed by atoms with E-state index in [1.165, 1.54) is 24.6 Å². The molecule has 2 fully saturated rings. The summed E-state index contributed by atoms with van der Waals surface area (Å²) >= 11 is 1.52. The van der Waals surface area contributed by atoms with Crippen LogP contribution in [0.5, 0.6) is 0 Å². The van der Waals surface area contributed by atoms with Crippen LogP contribution < -0.4 is 0 Å². The normalized spacial score (nSPS) is 24.6. The average molecular weight is 331 g/mol. The van der Waals surface area contributed by atoms with Crippen LogP contribution in [0.15, 0.2) is 35.7 Å². The summed E-state index contributed by atoms with van der Waals surface area (Å²) in [7, 11) is 0. The molecule has 6 heteroatoms. The van der Waals surface area contributed by atoms with Crippen LogP contribution in [0, 0.1) is 0 Å². The summed E-state index contributed by atoms with van der Waals surface area (Å²) in [5.74, 6) is 0.653. The molecule has 2 atom stereocenters. The largest absolute Gasteiger partial charge is 0.374 e. The van der Waals surface area contributed by atoms with Gasteiger partial charge in [-0.1, -0.05) is 30.7 Å². The third-order valence-corrected chi connectivity index (χ3v) is 5.73. The number of hydrogen-bond donors (Lipinski definition) is 0. The third kappa shape index (κ3) is 2.97. The number of carbonyl (C=O) groups excluding carboxylic acids is 1. The first-order valence-corrected chi connectivity index (χ1v) is 9.27. The topological polar surface area (TPSA) is 46.8 Å². The second kappa shape index (κ2) is 6.53. The molecule has 1 saturated heterocycles. The summed E-state index contributed by atoms with van der Waals surface area (Å²) in [5.41, 5.74) is 1.06. The van der Waals surface area contributed by atoms with Crippen molar-refractivity contribution < 1.29 is 9.53 Å². The van der Waals surface area contributed by atoms with Crippen LogP contribution in [0.3, 0.4) is 0 Å². The number of carbonyl (C=O) groups is 1. The zero-order chi connectivity index (χ0) is 15.6. The van der Waals surface area contributed by atoms with E-state index in [1.54, 1.807) is 0 Å². The lowest BCUT2D eigenvalue weighted by Gasteiger charge is -2.43. The Balaban J connectivity index is 1.43. The predicted octanol–water partition coefficient (Wildman–Crippen LogP) is 2.60. The lowest BCUT2D eigenvalue weighted by Crippen LogP contribution is -2.55. The van der Waals surface area contributed by atoms with Crippen molar-refractivity contribution in [3.8, 4) is 0 Å². The number of thioether (sulfide) groups is 1. The van der Waals surface area contributed by atoms with Crippen LogP contribution in [0.2, 0.25) is 0 Å². The van der Waals surface area contributed by atoms with Crippen LogP contribution in [0.25, 0.3) is 5.52 Å². The molecule has 4 rings (SSSR count). The molecular weight excluding hydrogens is 310 g/mol. The number of amides is 1. The van der Waals surface area contributed by atoms with Gasteiger partial charge in [-0.3, -0.25) is 9.20 Å². The Hall–Kier alpha value is -1.53.